The van der Waals surface area contributed by atoms with Gasteiger partial charge in [0.15, 0.2) is 0 Å². The monoisotopic (exact) mass is 336 g/mol. The van der Waals surface area contributed by atoms with E-state index in [-0.39, 0.29) is 11.8 Å². The molecule has 0 saturated heterocycles. The standard InChI is InChI=1S/C16H14Cl2N2O2/c1-2-15(21)19-10-7-8-13(18)14(9-10)20-16(22)11-5-3-4-6-12(11)17/h3-9H,2H2,1H3,(H,19,21)(H,20,22). The van der Waals surface area contributed by atoms with Gasteiger partial charge in [-0.05, 0) is 30.3 Å². The Morgan fingerprint density at radius 3 is 2.41 bits per heavy atom. The molecule has 2 N–H and O–H groups in total. The van der Waals surface area contributed by atoms with Gasteiger partial charge in [-0.2, -0.15) is 0 Å². The molecule has 0 bridgehead atoms. The van der Waals surface area contributed by atoms with E-state index in [1.54, 1.807) is 49.4 Å². The Labute approximate surface area is 138 Å². The minimum Gasteiger partial charge on any atom is -0.326 e. The van der Waals surface area contributed by atoms with Crippen LogP contribution < -0.4 is 10.6 Å². The molecule has 0 atom stereocenters. The molecule has 0 aromatic heterocycles. The minimum atomic E-state index is -0.369. The number of benzene rings is 2. The molecule has 2 aromatic rings. The molecule has 2 amide bonds. The first-order valence-corrected chi connectivity index (χ1v) is 7.42. The van der Waals surface area contributed by atoms with Crippen molar-refractivity contribution in [3.05, 3.63) is 58.1 Å². The van der Waals surface area contributed by atoms with Crippen molar-refractivity contribution in [2.24, 2.45) is 0 Å². The number of halogens is 2. The number of amides is 2. The van der Waals surface area contributed by atoms with Crippen LogP contribution in [0.2, 0.25) is 10.0 Å². The van der Waals surface area contributed by atoms with Crippen LogP contribution in [0.4, 0.5) is 11.4 Å². The van der Waals surface area contributed by atoms with E-state index in [1.807, 2.05) is 0 Å². The molecule has 0 spiro atoms. The number of carbonyl (C=O) groups excluding carboxylic acids is 2. The summed E-state index contributed by atoms with van der Waals surface area (Å²) in [4.78, 5) is 23.7. The second kappa shape index (κ2) is 7.29. The maximum Gasteiger partial charge on any atom is 0.257 e. The topological polar surface area (TPSA) is 58.2 Å². The normalized spacial score (nSPS) is 10.1. The first-order valence-electron chi connectivity index (χ1n) is 6.66. The van der Waals surface area contributed by atoms with Crippen LogP contribution in [0.15, 0.2) is 42.5 Å². The first-order chi connectivity index (χ1) is 10.5. The van der Waals surface area contributed by atoms with Gasteiger partial charge >= 0.3 is 0 Å². The second-order valence-corrected chi connectivity index (χ2v) is 5.34. The van der Waals surface area contributed by atoms with Gasteiger partial charge in [0.25, 0.3) is 5.91 Å². The Morgan fingerprint density at radius 2 is 1.73 bits per heavy atom. The highest BCUT2D eigenvalue weighted by Crippen LogP contribution is 2.27. The van der Waals surface area contributed by atoms with Crippen LogP contribution >= 0.6 is 23.2 Å². The lowest BCUT2D eigenvalue weighted by atomic mass is 10.2. The van der Waals surface area contributed by atoms with Gasteiger partial charge in [-0.3, -0.25) is 9.59 Å². The third-order valence-electron chi connectivity index (χ3n) is 2.94. The maximum absolute atomic E-state index is 12.2. The van der Waals surface area contributed by atoms with E-state index in [0.29, 0.717) is 33.4 Å². The summed E-state index contributed by atoms with van der Waals surface area (Å²) in [6, 6.07) is 11.6. The van der Waals surface area contributed by atoms with Gasteiger partial charge in [-0.1, -0.05) is 42.3 Å². The number of rotatable bonds is 4. The third-order valence-corrected chi connectivity index (χ3v) is 3.60. The number of hydrogen-bond donors (Lipinski definition) is 2. The van der Waals surface area contributed by atoms with Crippen molar-refractivity contribution in [3.8, 4) is 0 Å². The van der Waals surface area contributed by atoms with Gasteiger partial charge in [0, 0.05) is 12.1 Å². The van der Waals surface area contributed by atoms with E-state index < -0.39 is 0 Å². The van der Waals surface area contributed by atoms with E-state index in [1.165, 1.54) is 0 Å². The lowest BCUT2D eigenvalue weighted by molar-refractivity contribution is -0.115. The lowest BCUT2D eigenvalue weighted by Crippen LogP contribution is -2.14. The zero-order valence-corrected chi connectivity index (χ0v) is 13.3. The highest BCUT2D eigenvalue weighted by molar-refractivity contribution is 6.36. The van der Waals surface area contributed by atoms with E-state index in [2.05, 4.69) is 10.6 Å². The summed E-state index contributed by atoms with van der Waals surface area (Å²) < 4.78 is 0. The Bertz CT molecular complexity index is 717. The van der Waals surface area contributed by atoms with Crippen molar-refractivity contribution in [3.63, 3.8) is 0 Å². The summed E-state index contributed by atoms with van der Waals surface area (Å²) in [5, 5.41) is 6.12. The van der Waals surface area contributed by atoms with Crippen LogP contribution in [-0.4, -0.2) is 11.8 Å². The second-order valence-electron chi connectivity index (χ2n) is 4.53. The van der Waals surface area contributed by atoms with Gasteiger partial charge in [0.05, 0.1) is 21.3 Å². The van der Waals surface area contributed by atoms with Gasteiger partial charge in [-0.15, -0.1) is 0 Å². The summed E-state index contributed by atoms with van der Waals surface area (Å²) in [6.07, 6.45) is 0.365. The molecule has 2 rings (SSSR count). The minimum absolute atomic E-state index is 0.120. The first kappa shape index (κ1) is 16.3. The van der Waals surface area contributed by atoms with Crippen LogP contribution in [0.25, 0.3) is 0 Å². The summed E-state index contributed by atoms with van der Waals surface area (Å²) in [6.45, 7) is 1.76. The van der Waals surface area contributed by atoms with Crippen molar-refractivity contribution >= 4 is 46.4 Å². The molecule has 2 aromatic carbocycles. The Hall–Kier alpha value is -2.04. The van der Waals surface area contributed by atoms with E-state index in [9.17, 15) is 9.59 Å². The lowest BCUT2D eigenvalue weighted by Gasteiger charge is -2.11. The molecule has 114 valence electrons. The number of nitrogens with one attached hydrogen (secondary N) is 2. The zero-order valence-electron chi connectivity index (χ0n) is 11.8. The third kappa shape index (κ3) is 4.00. The Kier molecular flexibility index (Phi) is 5.41. The van der Waals surface area contributed by atoms with Gasteiger partial charge in [-0.25, -0.2) is 0 Å². The number of carbonyl (C=O) groups is 2. The van der Waals surface area contributed by atoms with E-state index >= 15 is 0 Å². The van der Waals surface area contributed by atoms with E-state index in [0.717, 1.165) is 0 Å². The molecule has 22 heavy (non-hydrogen) atoms. The van der Waals surface area contributed by atoms with E-state index in [4.69, 9.17) is 23.2 Å². The van der Waals surface area contributed by atoms with Crippen LogP contribution in [0.3, 0.4) is 0 Å². The molecule has 0 saturated carbocycles. The molecule has 0 heterocycles. The summed E-state index contributed by atoms with van der Waals surface area (Å²) in [5.41, 5.74) is 1.31. The van der Waals surface area contributed by atoms with Crippen LogP contribution in [0.5, 0.6) is 0 Å². The molecule has 0 aliphatic heterocycles. The van der Waals surface area contributed by atoms with Gasteiger partial charge < -0.3 is 10.6 Å². The van der Waals surface area contributed by atoms with Gasteiger partial charge in [0.1, 0.15) is 0 Å². The predicted octanol–water partition coefficient (Wildman–Crippen LogP) is 4.59. The Morgan fingerprint density at radius 1 is 1.00 bits per heavy atom. The molecular weight excluding hydrogens is 323 g/mol. The van der Waals surface area contributed by atoms with Crippen molar-refractivity contribution in [1.82, 2.24) is 0 Å². The van der Waals surface area contributed by atoms with Crippen LogP contribution in [-0.2, 0) is 4.79 Å². The molecule has 0 radical (unpaired) electrons. The molecule has 0 aliphatic carbocycles. The van der Waals surface area contributed by atoms with Crippen molar-refractivity contribution in [2.45, 2.75) is 13.3 Å². The molecular formula is C16H14Cl2N2O2. The SMILES string of the molecule is CCC(=O)Nc1ccc(Cl)c(NC(=O)c2ccccc2Cl)c1. The molecule has 0 aliphatic rings. The molecule has 6 heteroatoms. The summed E-state index contributed by atoms with van der Waals surface area (Å²) in [7, 11) is 0. The average molecular weight is 337 g/mol. The quantitative estimate of drug-likeness (QED) is 0.857. The number of hydrogen-bond acceptors (Lipinski definition) is 2. The van der Waals surface area contributed by atoms with Crippen LogP contribution in [0, 0.1) is 0 Å². The molecule has 0 fully saturated rings. The fourth-order valence-corrected chi connectivity index (χ4v) is 2.17. The highest BCUT2D eigenvalue weighted by Gasteiger charge is 2.12. The van der Waals surface area contributed by atoms with Gasteiger partial charge in [0.2, 0.25) is 5.91 Å². The molecule has 4 nitrogen and oxygen atoms in total. The fraction of sp³-hybridized carbons (Fsp3) is 0.125. The Balaban J connectivity index is 2.22. The average Bonchev–Trinajstić information content (AvgIpc) is 2.50. The predicted molar refractivity (Wildman–Crippen MR) is 89.8 cm³/mol. The fourth-order valence-electron chi connectivity index (χ4n) is 1.78. The smallest absolute Gasteiger partial charge is 0.257 e. The largest absolute Gasteiger partial charge is 0.326 e. The zero-order chi connectivity index (χ0) is 16.1. The number of anilines is 2. The van der Waals surface area contributed by atoms with Crippen molar-refractivity contribution in [2.75, 3.05) is 10.6 Å². The maximum atomic E-state index is 12.2. The summed E-state index contributed by atoms with van der Waals surface area (Å²) in [5.74, 6) is -0.489. The molecule has 0 unspecified atom stereocenters. The van der Waals surface area contributed by atoms with Crippen LogP contribution in [0.1, 0.15) is 23.7 Å². The van der Waals surface area contributed by atoms with Crippen molar-refractivity contribution in [1.29, 1.82) is 0 Å². The summed E-state index contributed by atoms with van der Waals surface area (Å²) >= 11 is 12.1. The highest BCUT2D eigenvalue weighted by atomic mass is 35.5. The van der Waals surface area contributed by atoms with Crippen molar-refractivity contribution < 1.29 is 9.59 Å².